The second kappa shape index (κ2) is 7.22. The maximum Gasteiger partial charge on any atom is 0.0484 e. The lowest BCUT2D eigenvalue weighted by Gasteiger charge is -2.18. The Morgan fingerprint density at radius 3 is 2.95 bits per heavy atom. The molecule has 1 unspecified atom stereocenters. The van der Waals surface area contributed by atoms with Gasteiger partial charge in [-0.3, -0.25) is 4.98 Å². The number of hydrogen-bond acceptors (Lipinski definition) is 3. The Hall–Kier alpha value is -1.45. The zero-order chi connectivity index (χ0) is 13.5. The van der Waals surface area contributed by atoms with Crippen LogP contribution in [0.3, 0.4) is 0 Å². The number of hydrogen-bond donors (Lipinski definition) is 1. The summed E-state index contributed by atoms with van der Waals surface area (Å²) >= 11 is 0. The first-order valence-electron chi connectivity index (χ1n) is 6.94. The molecule has 0 aliphatic carbocycles. The SMILES string of the molecule is CCCOCCC(NC)c1cccc2cnccc12. The molecule has 0 amide bonds. The van der Waals surface area contributed by atoms with Gasteiger partial charge in [0, 0.05) is 37.0 Å². The van der Waals surface area contributed by atoms with Gasteiger partial charge in [0.1, 0.15) is 0 Å². The summed E-state index contributed by atoms with van der Waals surface area (Å²) in [7, 11) is 2.00. The molecule has 0 fully saturated rings. The maximum atomic E-state index is 5.60. The summed E-state index contributed by atoms with van der Waals surface area (Å²) in [6.07, 6.45) is 5.83. The molecule has 0 radical (unpaired) electrons. The van der Waals surface area contributed by atoms with Gasteiger partial charge in [-0.15, -0.1) is 0 Å². The lowest BCUT2D eigenvalue weighted by Crippen LogP contribution is -2.18. The van der Waals surface area contributed by atoms with Gasteiger partial charge in [-0.1, -0.05) is 25.1 Å². The Kier molecular flexibility index (Phi) is 5.31. The van der Waals surface area contributed by atoms with Crippen LogP contribution >= 0.6 is 0 Å². The third-order valence-electron chi connectivity index (χ3n) is 3.34. The van der Waals surface area contributed by atoms with Crippen LogP contribution in [0.5, 0.6) is 0 Å². The second-order valence-corrected chi connectivity index (χ2v) is 4.69. The van der Waals surface area contributed by atoms with Crippen molar-refractivity contribution in [1.82, 2.24) is 10.3 Å². The number of rotatable bonds is 7. The van der Waals surface area contributed by atoms with Gasteiger partial charge in [-0.25, -0.2) is 0 Å². The molecule has 2 rings (SSSR count). The highest BCUT2D eigenvalue weighted by Crippen LogP contribution is 2.25. The van der Waals surface area contributed by atoms with E-state index in [2.05, 4.69) is 41.5 Å². The Labute approximate surface area is 115 Å². The lowest BCUT2D eigenvalue weighted by atomic mass is 9.98. The standard InChI is InChI=1S/C16H22N2O/c1-3-10-19-11-8-16(17-2)15-6-4-5-13-12-18-9-7-14(13)15/h4-7,9,12,16-17H,3,8,10-11H2,1-2H3. The minimum absolute atomic E-state index is 0.322. The summed E-state index contributed by atoms with van der Waals surface area (Å²) in [5.41, 5.74) is 1.32. The van der Waals surface area contributed by atoms with Crippen molar-refractivity contribution >= 4 is 10.8 Å². The monoisotopic (exact) mass is 258 g/mol. The summed E-state index contributed by atoms with van der Waals surface area (Å²) < 4.78 is 5.60. The molecular formula is C16H22N2O. The van der Waals surface area contributed by atoms with E-state index in [-0.39, 0.29) is 0 Å². The predicted octanol–water partition coefficient (Wildman–Crippen LogP) is 3.31. The summed E-state index contributed by atoms with van der Waals surface area (Å²) in [5.74, 6) is 0. The number of aromatic nitrogens is 1. The number of fused-ring (bicyclic) bond motifs is 1. The molecule has 0 bridgehead atoms. The summed E-state index contributed by atoms with van der Waals surface area (Å²) in [5, 5.41) is 5.85. The minimum Gasteiger partial charge on any atom is -0.381 e. The van der Waals surface area contributed by atoms with Gasteiger partial charge in [0.2, 0.25) is 0 Å². The van der Waals surface area contributed by atoms with E-state index in [4.69, 9.17) is 4.74 Å². The van der Waals surface area contributed by atoms with Gasteiger partial charge in [-0.2, -0.15) is 0 Å². The van der Waals surface area contributed by atoms with Crippen LogP contribution in [-0.2, 0) is 4.74 Å². The summed E-state index contributed by atoms with van der Waals surface area (Å²) in [6.45, 7) is 3.77. The van der Waals surface area contributed by atoms with Gasteiger partial charge in [0.05, 0.1) is 0 Å². The predicted molar refractivity (Wildman–Crippen MR) is 79.3 cm³/mol. The maximum absolute atomic E-state index is 5.60. The molecule has 3 nitrogen and oxygen atoms in total. The number of nitrogens with zero attached hydrogens (tertiary/aromatic N) is 1. The fraction of sp³-hybridized carbons (Fsp3) is 0.438. The third-order valence-corrected chi connectivity index (χ3v) is 3.34. The Bertz CT molecular complexity index is 508. The van der Waals surface area contributed by atoms with Crippen molar-refractivity contribution in [2.45, 2.75) is 25.8 Å². The summed E-state index contributed by atoms with van der Waals surface area (Å²) in [6, 6.07) is 8.79. The third kappa shape index (κ3) is 3.52. The Morgan fingerprint density at radius 2 is 2.16 bits per heavy atom. The van der Waals surface area contributed by atoms with E-state index in [1.54, 1.807) is 0 Å². The molecule has 1 aromatic carbocycles. The van der Waals surface area contributed by atoms with Gasteiger partial charge >= 0.3 is 0 Å². The topological polar surface area (TPSA) is 34.1 Å². The summed E-state index contributed by atoms with van der Waals surface area (Å²) in [4.78, 5) is 4.18. The number of benzene rings is 1. The highest BCUT2D eigenvalue weighted by atomic mass is 16.5. The van der Waals surface area contributed by atoms with Gasteiger partial charge in [0.25, 0.3) is 0 Å². The van der Waals surface area contributed by atoms with E-state index < -0.39 is 0 Å². The van der Waals surface area contributed by atoms with E-state index >= 15 is 0 Å². The molecule has 0 aliphatic heterocycles. The molecule has 1 aromatic heterocycles. The number of nitrogens with one attached hydrogen (secondary N) is 1. The Morgan fingerprint density at radius 1 is 1.26 bits per heavy atom. The fourth-order valence-electron chi connectivity index (χ4n) is 2.35. The van der Waals surface area contributed by atoms with Crippen molar-refractivity contribution < 1.29 is 4.74 Å². The average molecular weight is 258 g/mol. The van der Waals surface area contributed by atoms with Crippen LogP contribution in [0.4, 0.5) is 0 Å². The van der Waals surface area contributed by atoms with Crippen LogP contribution in [-0.4, -0.2) is 25.2 Å². The number of pyridine rings is 1. The van der Waals surface area contributed by atoms with Gasteiger partial charge in [0.15, 0.2) is 0 Å². The molecular weight excluding hydrogens is 236 g/mol. The van der Waals surface area contributed by atoms with Crippen LogP contribution in [0.25, 0.3) is 10.8 Å². The van der Waals surface area contributed by atoms with Crippen molar-refractivity contribution in [1.29, 1.82) is 0 Å². The zero-order valence-electron chi connectivity index (χ0n) is 11.7. The largest absolute Gasteiger partial charge is 0.381 e. The van der Waals surface area contributed by atoms with Crippen LogP contribution in [0.2, 0.25) is 0 Å². The van der Waals surface area contributed by atoms with Gasteiger partial charge in [-0.05, 0) is 36.9 Å². The van der Waals surface area contributed by atoms with E-state index in [9.17, 15) is 0 Å². The Balaban J connectivity index is 2.16. The van der Waals surface area contributed by atoms with Crippen molar-refractivity contribution in [3.8, 4) is 0 Å². The highest BCUT2D eigenvalue weighted by molar-refractivity contribution is 5.85. The minimum atomic E-state index is 0.322. The van der Waals surface area contributed by atoms with E-state index in [0.717, 1.165) is 26.1 Å². The normalized spacial score (nSPS) is 12.7. The van der Waals surface area contributed by atoms with E-state index in [0.29, 0.717) is 6.04 Å². The molecule has 0 aliphatic rings. The van der Waals surface area contributed by atoms with Crippen LogP contribution in [0.1, 0.15) is 31.4 Å². The molecule has 0 spiro atoms. The quantitative estimate of drug-likeness (QED) is 0.774. The first-order chi connectivity index (χ1) is 9.36. The second-order valence-electron chi connectivity index (χ2n) is 4.69. The van der Waals surface area contributed by atoms with Crippen LogP contribution < -0.4 is 5.32 Å². The molecule has 3 heteroatoms. The van der Waals surface area contributed by atoms with Crippen molar-refractivity contribution in [2.24, 2.45) is 0 Å². The molecule has 2 aromatic rings. The first-order valence-corrected chi connectivity index (χ1v) is 6.94. The highest BCUT2D eigenvalue weighted by Gasteiger charge is 2.12. The van der Waals surface area contributed by atoms with Crippen molar-refractivity contribution in [3.05, 3.63) is 42.2 Å². The van der Waals surface area contributed by atoms with E-state index in [1.807, 2.05) is 19.4 Å². The average Bonchev–Trinajstić information content (AvgIpc) is 2.47. The first kappa shape index (κ1) is 14.0. The fourth-order valence-corrected chi connectivity index (χ4v) is 2.35. The van der Waals surface area contributed by atoms with Gasteiger partial charge < -0.3 is 10.1 Å². The smallest absolute Gasteiger partial charge is 0.0484 e. The number of ether oxygens (including phenoxy) is 1. The molecule has 0 saturated carbocycles. The molecule has 19 heavy (non-hydrogen) atoms. The zero-order valence-corrected chi connectivity index (χ0v) is 11.7. The molecule has 1 atom stereocenters. The molecule has 0 saturated heterocycles. The molecule has 102 valence electrons. The van der Waals surface area contributed by atoms with Crippen LogP contribution in [0, 0.1) is 0 Å². The van der Waals surface area contributed by atoms with Crippen LogP contribution in [0.15, 0.2) is 36.7 Å². The van der Waals surface area contributed by atoms with E-state index in [1.165, 1.54) is 16.3 Å². The molecule has 1 N–H and O–H groups in total. The van der Waals surface area contributed by atoms with Crippen molar-refractivity contribution in [3.63, 3.8) is 0 Å². The lowest BCUT2D eigenvalue weighted by molar-refractivity contribution is 0.125. The van der Waals surface area contributed by atoms with Crippen molar-refractivity contribution in [2.75, 3.05) is 20.3 Å². The molecule has 1 heterocycles.